The highest BCUT2D eigenvalue weighted by Crippen LogP contribution is 2.41. The molecule has 1 aromatic heterocycles. The third-order valence-corrected chi connectivity index (χ3v) is 5.67. The summed E-state index contributed by atoms with van der Waals surface area (Å²) in [7, 11) is 0. The van der Waals surface area contributed by atoms with Gasteiger partial charge in [-0.1, -0.05) is 0 Å². The molecule has 1 aliphatic carbocycles. The van der Waals surface area contributed by atoms with E-state index in [2.05, 4.69) is 0 Å². The minimum absolute atomic E-state index is 0.0170. The fourth-order valence-corrected chi connectivity index (χ4v) is 4.10. The lowest BCUT2D eigenvalue weighted by Gasteiger charge is -2.25. The second-order valence-corrected chi connectivity index (χ2v) is 7.49. The predicted molar refractivity (Wildman–Crippen MR) is 95.1 cm³/mol. The zero-order valence-electron chi connectivity index (χ0n) is 14.6. The first kappa shape index (κ1) is 16.5. The summed E-state index contributed by atoms with van der Waals surface area (Å²) < 4.78 is 31.3. The molecule has 1 saturated heterocycles. The van der Waals surface area contributed by atoms with E-state index >= 15 is 0 Å². The van der Waals surface area contributed by atoms with Crippen molar-refractivity contribution in [2.24, 2.45) is 11.7 Å². The third kappa shape index (κ3) is 2.54. The van der Waals surface area contributed by atoms with E-state index in [0.717, 1.165) is 19.3 Å². The number of benzene rings is 1. The monoisotopic (exact) mass is 347 g/mol. The lowest BCUT2D eigenvalue weighted by Crippen LogP contribution is -2.30. The van der Waals surface area contributed by atoms with Crippen LogP contribution in [-0.4, -0.2) is 23.7 Å². The van der Waals surface area contributed by atoms with Crippen LogP contribution in [-0.2, 0) is 0 Å². The molecular formula is C19H23F2N3O. The summed E-state index contributed by atoms with van der Waals surface area (Å²) in [5.41, 5.74) is 7.30. The van der Waals surface area contributed by atoms with E-state index in [0.29, 0.717) is 24.2 Å². The summed E-state index contributed by atoms with van der Waals surface area (Å²) in [6.07, 6.45) is 2.67. The van der Waals surface area contributed by atoms with E-state index in [-0.39, 0.29) is 34.6 Å². The number of hydrogen-bond donors (Lipinski definition) is 1. The van der Waals surface area contributed by atoms with E-state index < -0.39 is 11.6 Å². The Bertz CT molecular complexity index is 902. The number of rotatable bonds is 3. The molecule has 4 rings (SSSR count). The van der Waals surface area contributed by atoms with Gasteiger partial charge in [0.05, 0.1) is 11.2 Å². The molecule has 25 heavy (non-hydrogen) atoms. The minimum atomic E-state index is -0.866. The van der Waals surface area contributed by atoms with Gasteiger partial charge in [-0.05, 0) is 50.7 Å². The highest BCUT2D eigenvalue weighted by Gasteiger charge is 2.33. The molecule has 0 radical (unpaired) electrons. The van der Waals surface area contributed by atoms with Gasteiger partial charge in [-0.25, -0.2) is 8.78 Å². The number of anilines is 1. The number of aryl methyl sites for hydroxylation is 1. The van der Waals surface area contributed by atoms with Crippen LogP contribution in [0, 0.1) is 24.5 Å². The summed E-state index contributed by atoms with van der Waals surface area (Å²) in [6.45, 7) is 5.00. The Balaban J connectivity index is 1.94. The molecule has 2 fully saturated rings. The Hall–Kier alpha value is -1.95. The number of aromatic nitrogens is 1. The lowest BCUT2D eigenvalue weighted by atomic mass is 10.0. The van der Waals surface area contributed by atoms with Crippen molar-refractivity contribution in [2.75, 3.05) is 18.0 Å². The van der Waals surface area contributed by atoms with Crippen LogP contribution in [0.25, 0.3) is 10.9 Å². The number of nitrogens with two attached hydrogens (primary N) is 1. The fraction of sp³-hybridized carbons (Fsp3) is 0.526. The minimum Gasteiger partial charge on any atom is -0.368 e. The van der Waals surface area contributed by atoms with E-state index in [4.69, 9.17) is 5.73 Å². The van der Waals surface area contributed by atoms with E-state index in [9.17, 15) is 13.6 Å². The molecule has 1 saturated carbocycles. The summed E-state index contributed by atoms with van der Waals surface area (Å²) in [5, 5.41) is 0.188. The Labute approximate surface area is 145 Å². The van der Waals surface area contributed by atoms with Crippen molar-refractivity contribution in [1.29, 1.82) is 0 Å². The molecule has 0 bridgehead atoms. The van der Waals surface area contributed by atoms with Crippen molar-refractivity contribution in [3.05, 3.63) is 39.7 Å². The number of fused-ring (bicyclic) bond motifs is 1. The van der Waals surface area contributed by atoms with Gasteiger partial charge in [-0.15, -0.1) is 0 Å². The van der Waals surface area contributed by atoms with Crippen LogP contribution in [0.2, 0.25) is 0 Å². The van der Waals surface area contributed by atoms with Crippen LogP contribution in [0.1, 0.15) is 37.8 Å². The summed E-state index contributed by atoms with van der Waals surface area (Å²) in [6, 6.07) is 2.86. The normalized spacial score (nSPS) is 22.0. The quantitative estimate of drug-likeness (QED) is 0.928. The fourth-order valence-electron chi connectivity index (χ4n) is 4.10. The average molecular weight is 347 g/mol. The molecule has 1 aliphatic heterocycles. The summed E-state index contributed by atoms with van der Waals surface area (Å²) in [4.78, 5) is 14.2. The van der Waals surface area contributed by atoms with E-state index in [1.165, 1.54) is 12.1 Å². The molecule has 0 spiro atoms. The van der Waals surface area contributed by atoms with Crippen LogP contribution in [0.3, 0.4) is 0 Å². The first-order chi connectivity index (χ1) is 11.9. The average Bonchev–Trinajstić information content (AvgIpc) is 3.29. The lowest BCUT2D eigenvalue weighted by molar-refractivity contribution is 0.485. The molecule has 134 valence electrons. The van der Waals surface area contributed by atoms with Gasteiger partial charge in [-0.3, -0.25) is 4.79 Å². The standard InChI is InChI=1S/C19H23F2N3O/c1-10-18-14(5-6-15(25)24(18)13-3-4-13)16(20)17(21)19(10)23-8-7-12(9-23)11(2)22/h5-6,11-13H,3-4,7-9,22H2,1-2H3/t11-,12+/m0/s1. The maximum atomic E-state index is 14.9. The van der Waals surface area contributed by atoms with E-state index in [1.54, 1.807) is 11.5 Å². The van der Waals surface area contributed by atoms with Crippen molar-refractivity contribution >= 4 is 16.6 Å². The zero-order valence-corrected chi connectivity index (χ0v) is 14.6. The van der Waals surface area contributed by atoms with Gasteiger partial charge >= 0.3 is 0 Å². The van der Waals surface area contributed by atoms with Crippen molar-refractivity contribution in [3.8, 4) is 0 Å². The van der Waals surface area contributed by atoms with Crippen molar-refractivity contribution in [2.45, 2.75) is 45.2 Å². The molecule has 2 heterocycles. The molecule has 2 N–H and O–H groups in total. The second kappa shape index (κ2) is 5.80. The summed E-state index contributed by atoms with van der Waals surface area (Å²) in [5.74, 6) is -1.43. The van der Waals surface area contributed by atoms with Gasteiger partial charge in [0.15, 0.2) is 11.6 Å². The van der Waals surface area contributed by atoms with Crippen LogP contribution in [0.15, 0.2) is 16.9 Å². The van der Waals surface area contributed by atoms with Crippen LogP contribution in [0.4, 0.5) is 14.5 Å². The number of hydrogen-bond acceptors (Lipinski definition) is 3. The Morgan fingerprint density at radius 3 is 2.52 bits per heavy atom. The molecule has 4 nitrogen and oxygen atoms in total. The molecular weight excluding hydrogens is 324 g/mol. The Kier molecular flexibility index (Phi) is 3.83. The first-order valence-corrected chi connectivity index (χ1v) is 8.93. The van der Waals surface area contributed by atoms with E-state index in [1.807, 2.05) is 11.8 Å². The largest absolute Gasteiger partial charge is 0.368 e. The van der Waals surface area contributed by atoms with Crippen molar-refractivity contribution < 1.29 is 8.78 Å². The van der Waals surface area contributed by atoms with Gasteiger partial charge in [0.2, 0.25) is 0 Å². The van der Waals surface area contributed by atoms with Gasteiger partial charge in [0, 0.05) is 36.6 Å². The van der Waals surface area contributed by atoms with Gasteiger partial charge < -0.3 is 15.2 Å². The van der Waals surface area contributed by atoms with Crippen molar-refractivity contribution in [1.82, 2.24) is 4.57 Å². The molecule has 2 aliphatic rings. The second-order valence-electron chi connectivity index (χ2n) is 7.49. The van der Waals surface area contributed by atoms with Crippen LogP contribution >= 0.6 is 0 Å². The van der Waals surface area contributed by atoms with Gasteiger partial charge in [0.25, 0.3) is 5.56 Å². The van der Waals surface area contributed by atoms with Gasteiger partial charge in [-0.2, -0.15) is 0 Å². The highest BCUT2D eigenvalue weighted by atomic mass is 19.2. The molecule has 2 aromatic rings. The predicted octanol–water partition coefficient (Wildman–Crippen LogP) is 3.10. The number of halogens is 2. The number of pyridine rings is 1. The van der Waals surface area contributed by atoms with Crippen molar-refractivity contribution in [3.63, 3.8) is 0 Å². The Morgan fingerprint density at radius 1 is 1.20 bits per heavy atom. The smallest absolute Gasteiger partial charge is 0.251 e. The molecule has 0 unspecified atom stereocenters. The maximum absolute atomic E-state index is 14.9. The zero-order chi connectivity index (χ0) is 17.9. The van der Waals surface area contributed by atoms with Crippen LogP contribution < -0.4 is 16.2 Å². The SMILES string of the molecule is Cc1c(N2CC[C@@H]([C@H](C)N)C2)c(F)c(F)c2ccc(=O)n(C3CC3)c12. The number of nitrogens with zero attached hydrogens (tertiary/aromatic N) is 2. The van der Waals surface area contributed by atoms with Gasteiger partial charge in [0.1, 0.15) is 0 Å². The maximum Gasteiger partial charge on any atom is 0.251 e. The third-order valence-electron chi connectivity index (χ3n) is 5.67. The molecule has 2 atom stereocenters. The molecule has 6 heteroatoms. The summed E-state index contributed by atoms with van der Waals surface area (Å²) >= 11 is 0. The highest BCUT2D eigenvalue weighted by molar-refractivity contribution is 5.88. The molecule has 1 aromatic carbocycles. The Morgan fingerprint density at radius 2 is 1.92 bits per heavy atom. The first-order valence-electron chi connectivity index (χ1n) is 8.93. The molecule has 0 amide bonds. The topological polar surface area (TPSA) is 51.3 Å². The van der Waals surface area contributed by atoms with Crippen LogP contribution in [0.5, 0.6) is 0 Å².